The first-order valence-corrected chi connectivity index (χ1v) is 9.23. The van der Waals surface area contributed by atoms with Gasteiger partial charge in [0.05, 0.1) is 0 Å². The van der Waals surface area contributed by atoms with Crippen molar-refractivity contribution in [3.05, 3.63) is 0 Å². The van der Waals surface area contributed by atoms with Gasteiger partial charge in [-0.15, -0.1) is 0 Å². The number of likely N-dealkylation sites (tertiary alicyclic amines) is 1. The SMILES string of the molecule is CC(C)CN1CC(CCC(=O)O)CC(NC2CCCCC2)C1. The van der Waals surface area contributed by atoms with Crippen LogP contribution in [-0.4, -0.2) is 47.7 Å². The molecule has 2 aliphatic rings. The van der Waals surface area contributed by atoms with Gasteiger partial charge in [-0.3, -0.25) is 4.79 Å². The Bertz CT molecular complexity index is 340. The molecule has 1 aliphatic carbocycles. The van der Waals surface area contributed by atoms with Gasteiger partial charge in [0.15, 0.2) is 0 Å². The average Bonchev–Trinajstić information content (AvgIpc) is 2.45. The number of nitrogens with zero attached hydrogens (tertiary/aromatic N) is 1. The minimum absolute atomic E-state index is 0.316. The van der Waals surface area contributed by atoms with Gasteiger partial charge in [-0.05, 0) is 37.5 Å². The maximum Gasteiger partial charge on any atom is 0.303 e. The highest BCUT2D eigenvalue weighted by Crippen LogP contribution is 2.25. The lowest BCUT2D eigenvalue weighted by Crippen LogP contribution is -2.52. The highest BCUT2D eigenvalue weighted by Gasteiger charge is 2.29. The van der Waals surface area contributed by atoms with E-state index < -0.39 is 5.97 Å². The topological polar surface area (TPSA) is 52.6 Å². The van der Waals surface area contributed by atoms with Crippen molar-refractivity contribution >= 4 is 5.97 Å². The predicted octanol–water partition coefficient (Wildman–Crippen LogP) is 3.12. The van der Waals surface area contributed by atoms with Crippen molar-refractivity contribution in [2.75, 3.05) is 19.6 Å². The first kappa shape index (κ1) is 17.7. The smallest absolute Gasteiger partial charge is 0.303 e. The standard InChI is InChI=1S/C18H34N2O2/c1-14(2)11-20-12-15(8-9-18(21)22)10-17(13-20)19-16-6-4-3-5-7-16/h14-17,19H,3-13H2,1-2H3,(H,21,22). The molecule has 2 rings (SSSR count). The molecule has 0 amide bonds. The highest BCUT2D eigenvalue weighted by atomic mass is 16.4. The van der Waals surface area contributed by atoms with Gasteiger partial charge in [-0.25, -0.2) is 0 Å². The minimum Gasteiger partial charge on any atom is -0.481 e. The van der Waals surface area contributed by atoms with E-state index in [1.54, 1.807) is 0 Å². The second-order valence-electron chi connectivity index (χ2n) is 7.85. The lowest BCUT2D eigenvalue weighted by Gasteiger charge is -2.41. The van der Waals surface area contributed by atoms with Crippen molar-refractivity contribution in [2.24, 2.45) is 11.8 Å². The third-order valence-corrected chi connectivity index (χ3v) is 5.08. The van der Waals surface area contributed by atoms with Crippen LogP contribution in [0.2, 0.25) is 0 Å². The second-order valence-corrected chi connectivity index (χ2v) is 7.85. The molecule has 128 valence electrons. The maximum absolute atomic E-state index is 10.9. The molecule has 0 aromatic rings. The first-order valence-electron chi connectivity index (χ1n) is 9.23. The number of hydrogen-bond donors (Lipinski definition) is 2. The molecular weight excluding hydrogens is 276 g/mol. The average molecular weight is 310 g/mol. The van der Waals surface area contributed by atoms with Crippen molar-refractivity contribution in [2.45, 2.75) is 77.3 Å². The van der Waals surface area contributed by atoms with Crippen LogP contribution in [0.3, 0.4) is 0 Å². The van der Waals surface area contributed by atoms with Crippen molar-refractivity contribution in [1.29, 1.82) is 0 Å². The zero-order valence-corrected chi connectivity index (χ0v) is 14.4. The highest BCUT2D eigenvalue weighted by molar-refractivity contribution is 5.66. The van der Waals surface area contributed by atoms with E-state index in [1.807, 2.05) is 0 Å². The van der Waals surface area contributed by atoms with Gasteiger partial charge in [0.25, 0.3) is 0 Å². The zero-order chi connectivity index (χ0) is 15.9. The summed E-state index contributed by atoms with van der Waals surface area (Å²) in [6.07, 6.45) is 9.05. The van der Waals surface area contributed by atoms with E-state index in [0.717, 1.165) is 32.5 Å². The van der Waals surface area contributed by atoms with Gasteiger partial charge < -0.3 is 15.3 Å². The predicted molar refractivity (Wildman–Crippen MR) is 90.1 cm³/mol. The Morgan fingerprint density at radius 2 is 1.91 bits per heavy atom. The quantitative estimate of drug-likeness (QED) is 0.758. The van der Waals surface area contributed by atoms with Crippen LogP contribution in [-0.2, 0) is 4.79 Å². The van der Waals surface area contributed by atoms with Crippen LogP contribution < -0.4 is 5.32 Å². The lowest BCUT2D eigenvalue weighted by molar-refractivity contribution is -0.137. The van der Waals surface area contributed by atoms with Crippen LogP contribution in [0.15, 0.2) is 0 Å². The Hall–Kier alpha value is -0.610. The van der Waals surface area contributed by atoms with Crippen molar-refractivity contribution in [3.8, 4) is 0 Å². The van der Waals surface area contributed by atoms with E-state index in [1.165, 1.54) is 32.1 Å². The van der Waals surface area contributed by atoms with Gasteiger partial charge in [-0.1, -0.05) is 33.1 Å². The molecule has 0 spiro atoms. The Balaban J connectivity index is 1.87. The molecular formula is C18H34N2O2. The minimum atomic E-state index is -0.655. The molecule has 1 saturated heterocycles. The number of carbonyl (C=O) groups is 1. The fraction of sp³-hybridized carbons (Fsp3) is 0.944. The fourth-order valence-corrected chi connectivity index (χ4v) is 4.23. The number of carboxylic acid groups (broad SMARTS) is 1. The van der Waals surface area contributed by atoms with Crippen LogP contribution in [0.4, 0.5) is 0 Å². The molecule has 0 bridgehead atoms. The molecule has 2 N–H and O–H groups in total. The van der Waals surface area contributed by atoms with Crippen molar-refractivity contribution < 1.29 is 9.90 Å². The van der Waals surface area contributed by atoms with E-state index >= 15 is 0 Å². The fourth-order valence-electron chi connectivity index (χ4n) is 4.23. The molecule has 0 aromatic heterocycles. The summed E-state index contributed by atoms with van der Waals surface area (Å²) in [5.41, 5.74) is 0. The zero-order valence-electron chi connectivity index (χ0n) is 14.4. The Kier molecular flexibility index (Phi) is 7.16. The summed E-state index contributed by atoms with van der Waals surface area (Å²) < 4.78 is 0. The van der Waals surface area contributed by atoms with E-state index in [-0.39, 0.29) is 0 Å². The summed E-state index contributed by atoms with van der Waals surface area (Å²) in [5, 5.41) is 12.8. The van der Waals surface area contributed by atoms with Crippen molar-refractivity contribution in [3.63, 3.8) is 0 Å². The number of rotatable bonds is 7. The van der Waals surface area contributed by atoms with Crippen LogP contribution in [0.1, 0.15) is 65.2 Å². The van der Waals surface area contributed by atoms with E-state index in [2.05, 4.69) is 24.1 Å². The molecule has 1 aliphatic heterocycles. The summed E-state index contributed by atoms with van der Waals surface area (Å²) in [4.78, 5) is 13.4. The van der Waals surface area contributed by atoms with Gasteiger partial charge in [0.1, 0.15) is 0 Å². The van der Waals surface area contributed by atoms with Gasteiger partial charge in [0.2, 0.25) is 0 Å². The number of carboxylic acids is 1. The van der Waals surface area contributed by atoms with E-state index in [9.17, 15) is 4.79 Å². The Labute approximate surface area is 135 Å². The third-order valence-electron chi connectivity index (χ3n) is 5.08. The van der Waals surface area contributed by atoms with Crippen LogP contribution in [0.25, 0.3) is 0 Å². The lowest BCUT2D eigenvalue weighted by atomic mass is 9.88. The van der Waals surface area contributed by atoms with Gasteiger partial charge >= 0.3 is 5.97 Å². The molecule has 4 heteroatoms. The molecule has 1 saturated carbocycles. The normalized spacial score (nSPS) is 28.1. The monoisotopic (exact) mass is 310 g/mol. The van der Waals surface area contributed by atoms with Crippen molar-refractivity contribution in [1.82, 2.24) is 10.2 Å². The number of piperidine rings is 1. The van der Waals surface area contributed by atoms with E-state index in [0.29, 0.717) is 30.3 Å². The Morgan fingerprint density at radius 3 is 2.55 bits per heavy atom. The second kappa shape index (κ2) is 8.88. The van der Waals surface area contributed by atoms with Gasteiger partial charge in [0, 0.05) is 38.1 Å². The van der Waals surface area contributed by atoms with Crippen LogP contribution in [0.5, 0.6) is 0 Å². The van der Waals surface area contributed by atoms with Gasteiger partial charge in [-0.2, -0.15) is 0 Å². The summed E-state index contributed by atoms with van der Waals surface area (Å²) in [5.74, 6) is 0.552. The molecule has 0 radical (unpaired) electrons. The molecule has 2 atom stereocenters. The molecule has 2 unspecified atom stereocenters. The summed E-state index contributed by atoms with van der Waals surface area (Å²) in [6.45, 7) is 7.88. The van der Waals surface area contributed by atoms with Crippen LogP contribution in [0, 0.1) is 11.8 Å². The summed E-state index contributed by atoms with van der Waals surface area (Å²) in [7, 11) is 0. The maximum atomic E-state index is 10.9. The Morgan fingerprint density at radius 1 is 1.18 bits per heavy atom. The molecule has 0 aromatic carbocycles. The number of nitrogens with one attached hydrogen (secondary N) is 1. The van der Waals surface area contributed by atoms with E-state index in [4.69, 9.17) is 5.11 Å². The summed E-state index contributed by atoms with van der Waals surface area (Å²) in [6, 6.07) is 1.24. The number of hydrogen-bond acceptors (Lipinski definition) is 3. The molecule has 22 heavy (non-hydrogen) atoms. The third kappa shape index (κ3) is 6.25. The molecule has 4 nitrogen and oxygen atoms in total. The summed E-state index contributed by atoms with van der Waals surface area (Å²) >= 11 is 0. The molecule has 2 fully saturated rings. The molecule has 1 heterocycles. The number of aliphatic carboxylic acids is 1. The first-order chi connectivity index (χ1) is 10.5. The van der Waals surface area contributed by atoms with Crippen LogP contribution >= 0.6 is 0 Å². The largest absolute Gasteiger partial charge is 0.481 e.